The topological polar surface area (TPSA) is 64.3 Å². The number of carbonyl (C=O) groups is 1. The summed E-state index contributed by atoms with van der Waals surface area (Å²) < 4.78 is 5.48. The molecule has 0 aliphatic heterocycles. The van der Waals surface area contributed by atoms with Gasteiger partial charge in [0, 0.05) is 5.69 Å². The molecule has 0 aliphatic rings. The Labute approximate surface area is 125 Å². The lowest BCUT2D eigenvalue weighted by Crippen LogP contribution is -2.45. The summed E-state index contributed by atoms with van der Waals surface area (Å²) in [5, 5.41) is 3.24. The first-order valence-electron chi connectivity index (χ1n) is 6.74. The molecule has 0 spiro atoms. The summed E-state index contributed by atoms with van der Waals surface area (Å²) in [7, 11) is 0. The smallest absolute Gasteiger partial charge is 0.241 e. The van der Waals surface area contributed by atoms with Gasteiger partial charge in [0.25, 0.3) is 0 Å². The van der Waals surface area contributed by atoms with Gasteiger partial charge in [0.15, 0.2) is 0 Å². The lowest BCUT2D eigenvalue weighted by Gasteiger charge is -2.25. The Hall–Kier alpha value is -1.26. The zero-order chi connectivity index (χ0) is 15.3. The second kappa shape index (κ2) is 6.95. The van der Waals surface area contributed by atoms with Crippen LogP contribution in [0.3, 0.4) is 0 Å². The number of anilines is 1. The van der Waals surface area contributed by atoms with Crippen molar-refractivity contribution in [3.8, 4) is 5.75 Å². The molecule has 0 aromatic heterocycles. The molecule has 0 fully saturated rings. The first kappa shape index (κ1) is 16.8. The third kappa shape index (κ3) is 4.69. The highest BCUT2D eigenvalue weighted by atomic mass is 35.5. The summed E-state index contributed by atoms with van der Waals surface area (Å²) in [6.07, 6.45) is 0.912. The van der Waals surface area contributed by atoms with Gasteiger partial charge in [-0.25, -0.2) is 0 Å². The van der Waals surface area contributed by atoms with Gasteiger partial charge in [-0.3, -0.25) is 4.79 Å². The quantitative estimate of drug-likeness (QED) is 0.875. The van der Waals surface area contributed by atoms with Crippen molar-refractivity contribution in [1.29, 1.82) is 0 Å². The summed E-state index contributed by atoms with van der Waals surface area (Å²) >= 11 is 6.11. The molecule has 4 nitrogen and oxygen atoms in total. The van der Waals surface area contributed by atoms with E-state index in [4.69, 9.17) is 22.1 Å². The molecule has 112 valence electrons. The van der Waals surface area contributed by atoms with Crippen molar-refractivity contribution in [3.63, 3.8) is 0 Å². The van der Waals surface area contributed by atoms with Gasteiger partial charge in [-0.15, -0.1) is 0 Å². The molecular weight excluding hydrogens is 276 g/mol. The molecule has 1 atom stereocenters. The van der Waals surface area contributed by atoms with E-state index < -0.39 is 6.04 Å². The molecule has 1 unspecified atom stereocenters. The third-order valence-corrected chi connectivity index (χ3v) is 3.17. The fourth-order valence-electron chi connectivity index (χ4n) is 1.52. The Kier molecular flexibility index (Phi) is 5.84. The van der Waals surface area contributed by atoms with Crippen molar-refractivity contribution in [2.75, 3.05) is 11.9 Å². The van der Waals surface area contributed by atoms with Gasteiger partial charge in [0.05, 0.1) is 17.7 Å². The van der Waals surface area contributed by atoms with Gasteiger partial charge in [-0.2, -0.15) is 0 Å². The maximum atomic E-state index is 12.0. The van der Waals surface area contributed by atoms with Crippen LogP contribution in [0.5, 0.6) is 5.75 Å². The molecule has 0 heterocycles. The highest BCUT2D eigenvalue weighted by Crippen LogP contribution is 2.28. The second-order valence-corrected chi connectivity index (χ2v) is 6.23. The average Bonchev–Trinajstić information content (AvgIpc) is 2.35. The molecule has 20 heavy (non-hydrogen) atoms. The number of hydrogen-bond donors (Lipinski definition) is 2. The first-order chi connectivity index (χ1) is 9.25. The summed E-state index contributed by atoms with van der Waals surface area (Å²) in [6, 6.07) is 4.58. The minimum Gasteiger partial charge on any atom is -0.492 e. The molecule has 0 saturated carbocycles. The van der Waals surface area contributed by atoms with E-state index in [0.29, 0.717) is 23.1 Å². The van der Waals surface area contributed by atoms with E-state index in [-0.39, 0.29) is 11.3 Å². The number of hydrogen-bond acceptors (Lipinski definition) is 3. The molecular formula is C15H23ClN2O2. The van der Waals surface area contributed by atoms with E-state index in [2.05, 4.69) is 5.32 Å². The molecule has 0 radical (unpaired) electrons. The van der Waals surface area contributed by atoms with Crippen LogP contribution in [0.4, 0.5) is 5.69 Å². The molecule has 1 aromatic carbocycles. The summed E-state index contributed by atoms with van der Waals surface area (Å²) in [5.74, 6) is 0.391. The van der Waals surface area contributed by atoms with Crippen LogP contribution >= 0.6 is 11.6 Å². The minimum absolute atomic E-state index is 0.226. The Balaban J connectivity index is 2.74. The molecule has 1 aromatic rings. The Morgan fingerprint density at radius 3 is 2.60 bits per heavy atom. The maximum absolute atomic E-state index is 12.0. The number of nitrogens with one attached hydrogen (secondary N) is 1. The second-order valence-electron chi connectivity index (χ2n) is 5.83. The Bertz CT molecular complexity index is 469. The van der Waals surface area contributed by atoms with Crippen LogP contribution in [-0.2, 0) is 4.79 Å². The summed E-state index contributed by atoms with van der Waals surface area (Å²) in [5.41, 5.74) is 6.23. The largest absolute Gasteiger partial charge is 0.492 e. The van der Waals surface area contributed by atoms with Crippen LogP contribution < -0.4 is 15.8 Å². The molecule has 5 heteroatoms. The van der Waals surface area contributed by atoms with E-state index in [1.807, 2.05) is 27.7 Å². The van der Waals surface area contributed by atoms with E-state index in [1.165, 1.54) is 0 Å². The fraction of sp³-hybridized carbons (Fsp3) is 0.533. The number of nitrogens with two attached hydrogens (primary N) is 1. The molecule has 1 amide bonds. The molecule has 0 aliphatic carbocycles. The van der Waals surface area contributed by atoms with E-state index >= 15 is 0 Å². The maximum Gasteiger partial charge on any atom is 0.241 e. The molecule has 0 saturated heterocycles. The van der Waals surface area contributed by atoms with Gasteiger partial charge in [0.2, 0.25) is 5.91 Å². The van der Waals surface area contributed by atoms with Gasteiger partial charge in [-0.1, -0.05) is 39.3 Å². The third-order valence-electron chi connectivity index (χ3n) is 2.88. The van der Waals surface area contributed by atoms with Crippen molar-refractivity contribution >= 4 is 23.2 Å². The zero-order valence-electron chi connectivity index (χ0n) is 12.5. The lowest BCUT2D eigenvalue weighted by atomic mass is 9.87. The number of amides is 1. The number of halogens is 1. The molecule has 0 bridgehead atoms. The summed E-state index contributed by atoms with van der Waals surface area (Å²) in [6.45, 7) is 8.40. The van der Waals surface area contributed by atoms with Crippen LogP contribution in [0.25, 0.3) is 0 Å². The van der Waals surface area contributed by atoms with Crippen LogP contribution in [-0.4, -0.2) is 18.6 Å². The summed E-state index contributed by atoms with van der Waals surface area (Å²) in [4.78, 5) is 12.0. The van der Waals surface area contributed by atoms with Gasteiger partial charge in [0.1, 0.15) is 5.75 Å². The number of benzene rings is 1. The predicted molar refractivity (Wildman–Crippen MR) is 83.3 cm³/mol. The van der Waals surface area contributed by atoms with Gasteiger partial charge < -0.3 is 15.8 Å². The van der Waals surface area contributed by atoms with Crippen LogP contribution in [0.15, 0.2) is 18.2 Å². The minimum atomic E-state index is -0.586. The SMILES string of the molecule is CCCOc1ccc(NC(=O)C(N)C(C)(C)C)cc1Cl. The van der Waals surface area contributed by atoms with Crippen LogP contribution in [0, 0.1) is 5.41 Å². The highest BCUT2D eigenvalue weighted by molar-refractivity contribution is 6.32. The monoisotopic (exact) mass is 298 g/mol. The standard InChI is InChI=1S/C15H23ClN2O2/c1-5-8-20-12-7-6-10(9-11(12)16)18-14(19)13(17)15(2,3)4/h6-7,9,13H,5,8,17H2,1-4H3,(H,18,19). The first-order valence-corrected chi connectivity index (χ1v) is 7.12. The number of ether oxygens (including phenoxy) is 1. The van der Waals surface area contributed by atoms with Gasteiger partial charge in [-0.05, 0) is 30.0 Å². The predicted octanol–water partition coefficient (Wildman–Crippen LogP) is 3.44. The van der Waals surface area contributed by atoms with Crippen LogP contribution in [0.1, 0.15) is 34.1 Å². The highest BCUT2D eigenvalue weighted by Gasteiger charge is 2.27. The van der Waals surface area contributed by atoms with Crippen LogP contribution in [0.2, 0.25) is 5.02 Å². The molecule has 1 rings (SSSR count). The van der Waals surface area contributed by atoms with E-state index in [9.17, 15) is 4.79 Å². The Morgan fingerprint density at radius 2 is 2.10 bits per heavy atom. The molecule has 3 N–H and O–H groups in total. The number of carbonyl (C=O) groups excluding carboxylic acids is 1. The lowest BCUT2D eigenvalue weighted by molar-refractivity contribution is -0.119. The van der Waals surface area contributed by atoms with Crippen molar-refractivity contribution in [2.24, 2.45) is 11.1 Å². The van der Waals surface area contributed by atoms with Crippen molar-refractivity contribution in [2.45, 2.75) is 40.2 Å². The van der Waals surface area contributed by atoms with Crippen molar-refractivity contribution in [1.82, 2.24) is 0 Å². The fourth-order valence-corrected chi connectivity index (χ4v) is 1.76. The van der Waals surface area contributed by atoms with Crippen molar-refractivity contribution in [3.05, 3.63) is 23.2 Å². The zero-order valence-corrected chi connectivity index (χ0v) is 13.3. The van der Waals surface area contributed by atoms with Crippen molar-refractivity contribution < 1.29 is 9.53 Å². The number of rotatable bonds is 5. The average molecular weight is 299 g/mol. The van der Waals surface area contributed by atoms with E-state index in [0.717, 1.165) is 6.42 Å². The normalized spacial score (nSPS) is 12.9. The van der Waals surface area contributed by atoms with E-state index in [1.54, 1.807) is 18.2 Å². The van der Waals surface area contributed by atoms with Gasteiger partial charge >= 0.3 is 0 Å². The Morgan fingerprint density at radius 1 is 1.45 bits per heavy atom.